The van der Waals surface area contributed by atoms with Gasteiger partial charge in [-0.15, -0.1) is 0 Å². The van der Waals surface area contributed by atoms with E-state index in [9.17, 15) is 18.8 Å². The average Bonchev–Trinajstić information content (AvgIpc) is 2.99. The molecule has 5 aromatic rings. The summed E-state index contributed by atoms with van der Waals surface area (Å²) >= 11 is 0. The van der Waals surface area contributed by atoms with Crippen molar-refractivity contribution in [3.8, 4) is 28.7 Å². The van der Waals surface area contributed by atoms with Crippen LogP contribution in [-0.2, 0) is 6.54 Å². The number of aromatic nitrogens is 3. The molecule has 0 aliphatic rings. The Labute approximate surface area is 239 Å². The number of anilines is 1. The van der Waals surface area contributed by atoms with E-state index < -0.39 is 23.0 Å². The van der Waals surface area contributed by atoms with Crippen molar-refractivity contribution in [1.29, 1.82) is 0 Å². The second-order valence-electron chi connectivity index (χ2n) is 9.29. The van der Waals surface area contributed by atoms with Crippen LogP contribution in [0, 0.1) is 12.7 Å². The van der Waals surface area contributed by atoms with Gasteiger partial charge in [0.1, 0.15) is 22.9 Å². The fourth-order valence-electron chi connectivity index (χ4n) is 4.50. The molecule has 3 aromatic carbocycles. The smallest absolute Gasteiger partial charge is 0.335 e. The molecule has 2 heterocycles. The lowest BCUT2D eigenvalue weighted by Crippen LogP contribution is -2.42. The third kappa shape index (κ3) is 5.31. The Morgan fingerprint density at radius 1 is 0.952 bits per heavy atom. The molecule has 10 nitrogen and oxygen atoms in total. The van der Waals surface area contributed by atoms with Gasteiger partial charge in [-0.25, -0.2) is 13.8 Å². The summed E-state index contributed by atoms with van der Waals surface area (Å²) in [6.45, 7) is 3.71. The monoisotopic (exact) mass is 570 g/mol. The zero-order valence-electron chi connectivity index (χ0n) is 23.3. The van der Waals surface area contributed by atoms with Crippen molar-refractivity contribution in [2.75, 3.05) is 19.5 Å². The molecule has 0 aliphatic carbocycles. The third-order valence-electron chi connectivity index (χ3n) is 6.71. The topological polar surface area (TPSA) is 114 Å². The number of pyridine rings is 1. The number of nitrogens with one attached hydrogen (secondary N) is 1. The lowest BCUT2D eigenvalue weighted by molar-refractivity contribution is 0.102. The standard InChI is InChI=1S/C31H27FN4O6/c1-5-35-17-23(30(38)36(31(35)39)20-8-6-19(32)7-9-20)29(37)34-24-11-10-21(14-18(24)2)42-26-12-13-33-25-16-28(41-4)27(40-3)15-22(25)26/h6-17H,5H2,1-4H3,(H,34,37). The summed E-state index contributed by atoms with van der Waals surface area (Å²) < 4.78 is 32.5. The van der Waals surface area contributed by atoms with E-state index in [1.807, 2.05) is 0 Å². The number of aryl methyl sites for hydroxylation is 2. The molecule has 214 valence electrons. The summed E-state index contributed by atoms with van der Waals surface area (Å²) in [6, 6.07) is 15.2. The number of nitrogens with zero attached hydrogens (tertiary/aromatic N) is 3. The van der Waals surface area contributed by atoms with Crippen LogP contribution < -0.4 is 30.8 Å². The Morgan fingerprint density at radius 3 is 2.33 bits per heavy atom. The van der Waals surface area contributed by atoms with E-state index in [4.69, 9.17) is 14.2 Å². The van der Waals surface area contributed by atoms with Crippen LogP contribution in [0.25, 0.3) is 16.6 Å². The van der Waals surface area contributed by atoms with E-state index in [-0.39, 0.29) is 17.8 Å². The van der Waals surface area contributed by atoms with Gasteiger partial charge in [0.15, 0.2) is 11.5 Å². The number of methoxy groups -OCH3 is 2. The molecule has 0 bridgehead atoms. The molecule has 11 heteroatoms. The minimum Gasteiger partial charge on any atom is -0.493 e. The number of ether oxygens (including phenoxy) is 3. The van der Waals surface area contributed by atoms with Gasteiger partial charge in [-0.05, 0) is 74.0 Å². The van der Waals surface area contributed by atoms with Crippen molar-refractivity contribution < 1.29 is 23.4 Å². The van der Waals surface area contributed by atoms with Crippen molar-refractivity contribution in [2.45, 2.75) is 20.4 Å². The van der Waals surface area contributed by atoms with Crippen LogP contribution in [0.2, 0.25) is 0 Å². The van der Waals surface area contributed by atoms with E-state index >= 15 is 0 Å². The molecule has 0 saturated carbocycles. The maximum Gasteiger partial charge on any atom is 0.335 e. The van der Waals surface area contributed by atoms with Crippen LogP contribution in [0.1, 0.15) is 22.8 Å². The normalized spacial score (nSPS) is 10.9. The van der Waals surface area contributed by atoms with Crippen molar-refractivity contribution in [1.82, 2.24) is 14.1 Å². The molecule has 0 saturated heterocycles. The minimum atomic E-state index is -0.817. The van der Waals surface area contributed by atoms with Gasteiger partial charge in [0.05, 0.1) is 25.4 Å². The predicted octanol–water partition coefficient (Wildman–Crippen LogP) is 5.08. The lowest BCUT2D eigenvalue weighted by atomic mass is 10.1. The fourth-order valence-corrected chi connectivity index (χ4v) is 4.50. The third-order valence-corrected chi connectivity index (χ3v) is 6.71. The molecule has 42 heavy (non-hydrogen) atoms. The largest absolute Gasteiger partial charge is 0.493 e. The molecule has 0 spiro atoms. The molecule has 5 rings (SSSR count). The quantitative estimate of drug-likeness (QED) is 0.277. The first kappa shape index (κ1) is 28.1. The van der Waals surface area contributed by atoms with Gasteiger partial charge >= 0.3 is 5.69 Å². The summed E-state index contributed by atoms with van der Waals surface area (Å²) in [7, 11) is 3.10. The van der Waals surface area contributed by atoms with Gasteiger partial charge < -0.3 is 19.5 Å². The van der Waals surface area contributed by atoms with Crippen LogP contribution in [0.4, 0.5) is 10.1 Å². The highest BCUT2D eigenvalue weighted by Gasteiger charge is 2.19. The highest BCUT2D eigenvalue weighted by molar-refractivity contribution is 6.04. The molecule has 0 aliphatic heterocycles. The van der Waals surface area contributed by atoms with Crippen LogP contribution >= 0.6 is 0 Å². The molecule has 0 fully saturated rings. The molecular formula is C31H27FN4O6. The first-order valence-electron chi connectivity index (χ1n) is 13.0. The molecule has 1 amide bonds. The zero-order chi connectivity index (χ0) is 30.0. The summed E-state index contributed by atoms with van der Waals surface area (Å²) in [5.41, 5.74) is 0.228. The SMILES string of the molecule is CCn1cc(C(=O)Nc2ccc(Oc3ccnc4cc(OC)c(OC)cc34)cc2C)c(=O)n(-c2ccc(F)cc2)c1=O. The van der Waals surface area contributed by atoms with Crippen molar-refractivity contribution in [3.05, 3.63) is 111 Å². The molecule has 0 radical (unpaired) electrons. The van der Waals surface area contributed by atoms with E-state index in [0.29, 0.717) is 45.2 Å². The number of carbonyl (C=O) groups excluding carboxylic acids is 1. The second kappa shape index (κ2) is 11.6. The van der Waals surface area contributed by atoms with Crippen LogP contribution in [-0.4, -0.2) is 34.2 Å². The van der Waals surface area contributed by atoms with Crippen LogP contribution in [0.3, 0.4) is 0 Å². The Bertz CT molecular complexity index is 1930. The lowest BCUT2D eigenvalue weighted by Gasteiger charge is -2.15. The van der Waals surface area contributed by atoms with Crippen molar-refractivity contribution in [2.24, 2.45) is 0 Å². The summed E-state index contributed by atoms with van der Waals surface area (Å²) in [4.78, 5) is 43.8. The fraction of sp³-hybridized carbons (Fsp3) is 0.161. The number of amides is 1. The molecule has 1 N–H and O–H groups in total. The van der Waals surface area contributed by atoms with E-state index in [0.717, 1.165) is 16.7 Å². The molecule has 2 aromatic heterocycles. The number of halogens is 1. The molecule has 0 unspecified atom stereocenters. The highest BCUT2D eigenvalue weighted by atomic mass is 19.1. The number of carbonyl (C=O) groups is 1. The van der Waals surface area contributed by atoms with Crippen molar-refractivity contribution in [3.63, 3.8) is 0 Å². The average molecular weight is 571 g/mol. The Morgan fingerprint density at radius 2 is 1.67 bits per heavy atom. The Balaban J connectivity index is 1.44. The van der Waals surface area contributed by atoms with E-state index in [1.165, 1.54) is 22.9 Å². The van der Waals surface area contributed by atoms with Gasteiger partial charge in [-0.2, -0.15) is 0 Å². The van der Waals surface area contributed by atoms with Gasteiger partial charge in [0, 0.05) is 36.1 Å². The number of benzene rings is 3. The van der Waals surface area contributed by atoms with Gasteiger partial charge in [0.2, 0.25) is 0 Å². The maximum atomic E-state index is 13.5. The molecule has 0 atom stereocenters. The zero-order valence-corrected chi connectivity index (χ0v) is 23.3. The Hall–Kier alpha value is -5.45. The van der Waals surface area contributed by atoms with Gasteiger partial charge in [-0.3, -0.25) is 19.1 Å². The molecular weight excluding hydrogens is 543 g/mol. The number of rotatable bonds is 8. The Kier molecular flexibility index (Phi) is 7.74. The minimum absolute atomic E-state index is 0.153. The van der Waals surface area contributed by atoms with E-state index in [1.54, 1.807) is 70.7 Å². The summed E-state index contributed by atoms with van der Waals surface area (Å²) in [6.07, 6.45) is 2.85. The van der Waals surface area contributed by atoms with Gasteiger partial charge in [-0.1, -0.05) is 0 Å². The number of hydrogen-bond donors (Lipinski definition) is 1. The van der Waals surface area contributed by atoms with Crippen LogP contribution in [0.15, 0.2) is 82.6 Å². The van der Waals surface area contributed by atoms with Gasteiger partial charge in [0.25, 0.3) is 11.5 Å². The first-order chi connectivity index (χ1) is 20.2. The van der Waals surface area contributed by atoms with Crippen LogP contribution in [0.5, 0.6) is 23.0 Å². The predicted molar refractivity (Wildman–Crippen MR) is 156 cm³/mol. The van der Waals surface area contributed by atoms with E-state index in [2.05, 4.69) is 10.3 Å². The number of fused-ring (bicyclic) bond motifs is 1. The highest BCUT2D eigenvalue weighted by Crippen LogP contribution is 2.37. The van der Waals surface area contributed by atoms with Crippen molar-refractivity contribution >= 4 is 22.5 Å². The summed E-state index contributed by atoms with van der Waals surface area (Å²) in [5, 5.41) is 3.47. The second-order valence-corrected chi connectivity index (χ2v) is 9.29. The summed E-state index contributed by atoms with van der Waals surface area (Å²) in [5.74, 6) is 0.910. The first-order valence-corrected chi connectivity index (χ1v) is 13.0. The number of hydrogen-bond acceptors (Lipinski definition) is 7. The maximum absolute atomic E-state index is 13.5.